The van der Waals surface area contributed by atoms with Gasteiger partial charge in [-0.3, -0.25) is 4.90 Å². The number of nitrogens with zero attached hydrogens (tertiary/aromatic N) is 3. The second-order valence-corrected chi connectivity index (χ2v) is 4.88. The number of thiophene rings is 1. The number of aromatic nitrogens is 2. The Bertz CT molecular complexity index is 480. The molecule has 0 aliphatic heterocycles. The molecule has 18 heavy (non-hydrogen) atoms. The molecule has 0 aliphatic carbocycles. The van der Waals surface area contributed by atoms with E-state index in [-0.39, 0.29) is 6.54 Å². The molecule has 2 aromatic heterocycles. The zero-order valence-corrected chi connectivity index (χ0v) is 10.9. The van der Waals surface area contributed by atoms with Crippen LogP contribution in [0.5, 0.6) is 0 Å². The van der Waals surface area contributed by atoms with Gasteiger partial charge in [-0.2, -0.15) is 4.98 Å². The standard InChI is InChI=1S/C12H16N4OS/c1-2-5-16(8-10-4-3-6-18-10)9-11-14-12(7-13)17-15-11/h2-4,6H,1,5,7-9,13H2. The maximum atomic E-state index is 5.44. The van der Waals surface area contributed by atoms with Crippen molar-refractivity contribution in [1.82, 2.24) is 15.0 Å². The molecule has 0 bridgehead atoms. The molecule has 0 aromatic carbocycles. The molecule has 0 saturated heterocycles. The first-order valence-electron chi connectivity index (χ1n) is 5.69. The molecule has 96 valence electrons. The van der Waals surface area contributed by atoms with Gasteiger partial charge in [0.15, 0.2) is 5.82 Å². The van der Waals surface area contributed by atoms with Gasteiger partial charge in [0.05, 0.1) is 13.1 Å². The molecule has 2 heterocycles. The quantitative estimate of drug-likeness (QED) is 0.772. The third-order valence-electron chi connectivity index (χ3n) is 2.40. The van der Waals surface area contributed by atoms with E-state index in [9.17, 15) is 0 Å². The lowest BCUT2D eigenvalue weighted by Crippen LogP contribution is -2.23. The first-order chi connectivity index (χ1) is 8.81. The van der Waals surface area contributed by atoms with Crippen LogP contribution in [0.15, 0.2) is 34.7 Å². The first kappa shape index (κ1) is 12.9. The van der Waals surface area contributed by atoms with Crippen LogP contribution in [-0.2, 0) is 19.6 Å². The molecule has 0 fully saturated rings. The van der Waals surface area contributed by atoms with Crippen LogP contribution < -0.4 is 5.73 Å². The SMILES string of the molecule is C=CCN(Cc1noc(CN)n1)Cc1cccs1. The van der Waals surface area contributed by atoms with Crippen molar-refractivity contribution in [3.8, 4) is 0 Å². The van der Waals surface area contributed by atoms with Crippen molar-refractivity contribution in [2.45, 2.75) is 19.6 Å². The van der Waals surface area contributed by atoms with Crippen LogP contribution in [0.4, 0.5) is 0 Å². The Morgan fingerprint density at radius 1 is 1.50 bits per heavy atom. The highest BCUT2D eigenvalue weighted by molar-refractivity contribution is 7.09. The number of rotatable bonds is 7. The Morgan fingerprint density at radius 2 is 2.39 bits per heavy atom. The van der Waals surface area contributed by atoms with E-state index < -0.39 is 0 Å². The number of hydrogen-bond donors (Lipinski definition) is 1. The molecule has 2 N–H and O–H groups in total. The van der Waals surface area contributed by atoms with Crippen molar-refractivity contribution in [2.24, 2.45) is 5.73 Å². The van der Waals surface area contributed by atoms with Gasteiger partial charge in [0.25, 0.3) is 0 Å². The van der Waals surface area contributed by atoms with E-state index >= 15 is 0 Å². The normalized spacial score (nSPS) is 11.0. The Kier molecular flexibility index (Phi) is 4.63. The number of hydrogen-bond acceptors (Lipinski definition) is 6. The fourth-order valence-electron chi connectivity index (χ4n) is 1.63. The molecular weight excluding hydrogens is 248 g/mol. The molecule has 6 heteroatoms. The Balaban J connectivity index is 1.99. The molecule has 0 spiro atoms. The van der Waals surface area contributed by atoms with Crippen LogP contribution in [0.25, 0.3) is 0 Å². The average molecular weight is 264 g/mol. The molecule has 0 aliphatic rings. The molecular formula is C12H16N4OS. The van der Waals surface area contributed by atoms with Crippen LogP contribution >= 0.6 is 11.3 Å². The molecule has 0 unspecified atom stereocenters. The van der Waals surface area contributed by atoms with Gasteiger partial charge in [-0.1, -0.05) is 17.3 Å². The van der Waals surface area contributed by atoms with E-state index in [2.05, 4.69) is 33.1 Å². The minimum Gasteiger partial charge on any atom is -0.338 e. The molecule has 0 amide bonds. The summed E-state index contributed by atoms with van der Waals surface area (Å²) in [4.78, 5) is 7.71. The van der Waals surface area contributed by atoms with Gasteiger partial charge < -0.3 is 10.3 Å². The highest BCUT2D eigenvalue weighted by Crippen LogP contribution is 2.13. The summed E-state index contributed by atoms with van der Waals surface area (Å²) in [5.41, 5.74) is 5.44. The highest BCUT2D eigenvalue weighted by Gasteiger charge is 2.11. The molecule has 0 radical (unpaired) electrons. The highest BCUT2D eigenvalue weighted by atomic mass is 32.1. The molecule has 5 nitrogen and oxygen atoms in total. The fraction of sp³-hybridized carbons (Fsp3) is 0.333. The van der Waals surface area contributed by atoms with Gasteiger partial charge in [-0.25, -0.2) is 0 Å². The average Bonchev–Trinajstić information content (AvgIpc) is 3.00. The second kappa shape index (κ2) is 6.44. The zero-order valence-electron chi connectivity index (χ0n) is 10.1. The van der Waals surface area contributed by atoms with Crippen molar-refractivity contribution in [3.63, 3.8) is 0 Å². The first-order valence-corrected chi connectivity index (χ1v) is 6.57. The van der Waals surface area contributed by atoms with Crippen molar-refractivity contribution in [1.29, 1.82) is 0 Å². The molecule has 2 aromatic rings. The molecule has 0 saturated carbocycles. The summed E-state index contributed by atoms with van der Waals surface area (Å²) in [6.45, 7) is 6.32. The van der Waals surface area contributed by atoms with E-state index in [1.165, 1.54) is 4.88 Å². The minimum atomic E-state index is 0.277. The summed E-state index contributed by atoms with van der Waals surface area (Å²) in [5, 5.41) is 5.97. The van der Waals surface area contributed by atoms with E-state index in [0.29, 0.717) is 18.3 Å². The van der Waals surface area contributed by atoms with Gasteiger partial charge in [0.2, 0.25) is 5.89 Å². The van der Waals surface area contributed by atoms with Crippen LogP contribution in [0.2, 0.25) is 0 Å². The van der Waals surface area contributed by atoms with Crippen molar-refractivity contribution in [2.75, 3.05) is 6.54 Å². The van der Waals surface area contributed by atoms with E-state index in [1.54, 1.807) is 11.3 Å². The lowest BCUT2D eigenvalue weighted by atomic mass is 10.4. The lowest BCUT2D eigenvalue weighted by Gasteiger charge is -2.17. The third kappa shape index (κ3) is 3.49. The summed E-state index contributed by atoms with van der Waals surface area (Å²) >= 11 is 1.74. The maximum absolute atomic E-state index is 5.44. The molecule has 2 rings (SSSR count). The predicted octanol–water partition coefficient (Wildman–Crippen LogP) is 1.78. The van der Waals surface area contributed by atoms with Gasteiger partial charge in [0, 0.05) is 18.0 Å². The van der Waals surface area contributed by atoms with Crippen LogP contribution in [0, 0.1) is 0 Å². The van der Waals surface area contributed by atoms with Gasteiger partial charge >= 0.3 is 0 Å². The van der Waals surface area contributed by atoms with E-state index in [4.69, 9.17) is 10.3 Å². The Hall–Kier alpha value is -1.50. The maximum Gasteiger partial charge on any atom is 0.240 e. The summed E-state index contributed by atoms with van der Waals surface area (Å²) in [6.07, 6.45) is 1.87. The largest absolute Gasteiger partial charge is 0.338 e. The van der Waals surface area contributed by atoms with E-state index in [0.717, 1.165) is 13.1 Å². The Labute approximate surface area is 110 Å². The summed E-state index contributed by atoms with van der Waals surface area (Å²) in [6, 6.07) is 4.16. The smallest absolute Gasteiger partial charge is 0.240 e. The number of nitrogens with two attached hydrogens (primary N) is 1. The molecule has 0 atom stereocenters. The van der Waals surface area contributed by atoms with Gasteiger partial charge in [-0.05, 0) is 11.4 Å². The predicted molar refractivity (Wildman–Crippen MR) is 70.8 cm³/mol. The lowest BCUT2D eigenvalue weighted by molar-refractivity contribution is 0.274. The van der Waals surface area contributed by atoms with Crippen LogP contribution in [0.1, 0.15) is 16.6 Å². The summed E-state index contributed by atoms with van der Waals surface area (Å²) in [5.74, 6) is 1.13. The minimum absolute atomic E-state index is 0.277. The topological polar surface area (TPSA) is 68.2 Å². The zero-order chi connectivity index (χ0) is 12.8. The van der Waals surface area contributed by atoms with Crippen molar-refractivity contribution >= 4 is 11.3 Å². The fourth-order valence-corrected chi connectivity index (χ4v) is 2.37. The van der Waals surface area contributed by atoms with Gasteiger partial charge in [-0.15, -0.1) is 17.9 Å². The Morgan fingerprint density at radius 3 is 3.00 bits per heavy atom. The monoisotopic (exact) mass is 264 g/mol. The van der Waals surface area contributed by atoms with Crippen molar-refractivity contribution < 1.29 is 4.52 Å². The summed E-state index contributed by atoms with van der Waals surface area (Å²) in [7, 11) is 0. The second-order valence-electron chi connectivity index (χ2n) is 3.85. The van der Waals surface area contributed by atoms with Crippen LogP contribution in [-0.4, -0.2) is 21.6 Å². The van der Waals surface area contributed by atoms with Gasteiger partial charge in [0.1, 0.15) is 0 Å². The third-order valence-corrected chi connectivity index (χ3v) is 3.26. The van der Waals surface area contributed by atoms with Crippen LogP contribution in [0.3, 0.4) is 0 Å². The van der Waals surface area contributed by atoms with Crippen molar-refractivity contribution in [3.05, 3.63) is 46.8 Å². The summed E-state index contributed by atoms with van der Waals surface area (Å²) < 4.78 is 4.99. The van der Waals surface area contributed by atoms with E-state index in [1.807, 2.05) is 12.1 Å².